The molecule has 6 nitrogen and oxygen atoms in total. The lowest BCUT2D eigenvalue weighted by Gasteiger charge is -2.09. The monoisotopic (exact) mass is 303 g/mol. The number of anilines is 1. The molecule has 0 saturated carbocycles. The van der Waals surface area contributed by atoms with Crippen molar-refractivity contribution in [2.24, 2.45) is 11.7 Å². The molecule has 0 radical (unpaired) electrons. The molecule has 0 aliphatic carbocycles. The van der Waals surface area contributed by atoms with Crippen LogP contribution >= 0.6 is 0 Å². The zero-order valence-corrected chi connectivity index (χ0v) is 13.0. The Hall–Kier alpha value is -2.34. The van der Waals surface area contributed by atoms with Crippen molar-refractivity contribution in [3.8, 4) is 5.75 Å². The Morgan fingerprint density at radius 2 is 2.05 bits per heavy atom. The highest BCUT2D eigenvalue weighted by Gasteiger charge is 2.18. The normalized spacial score (nSPS) is 12.2. The summed E-state index contributed by atoms with van der Waals surface area (Å²) >= 11 is 0. The van der Waals surface area contributed by atoms with Crippen LogP contribution in [0.2, 0.25) is 0 Å². The third kappa shape index (κ3) is 4.08. The molecule has 2 aromatic rings. The fourth-order valence-corrected chi connectivity index (χ4v) is 2.04. The maximum Gasteiger partial charge on any atom is 0.277 e. The average Bonchev–Trinajstić information content (AvgIpc) is 2.97. The first kappa shape index (κ1) is 16.0. The Morgan fingerprint density at radius 1 is 1.36 bits per heavy atom. The van der Waals surface area contributed by atoms with Crippen molar-refractivity contribution in [2.45, 2.75) is 26.3 Å². The van der Waals surface area contributed by atoms with Crippen LogP contribution in [0, 0.1) is 5.92 Å². The average molecular weight is 303 g/mol. The Bertz CT molecular complexity index is 620. The van der Waals surface area contributed by atoms with Crippen molar-refractivity contribution in [2.75, 3.05) is 12.4 Å². The summed E-state index contributed by atoms with van der Waals surface area (Å²) in [6, 6.07) is 6.73. The number of hydrogen-bond acceptors (Lipinski definition) is 5. The molecule has 1 unspecified atom stereocenters. The van der Waals surface area contributed by atoms with Crippen LogP contribution in [0.4, 0.5) is 5.69 Å². The number of benzene rings is 1. The number of amides is 1. The van der Waals surface area contributed by atoms with E-state index >= 15 is 0 Å². The van der Waals surface area contributed by atoms with Gasteiger partial charge in [0.1, 0.15) is 12.0 Å². The van der Waals surface area contributed by atoms with Crippen LogP contribution in [0.5, 0.6) is 5.75 Å². The summed E-state index contributed by atoms with van der Waals surface area (Å²) in [6.45, 7) is 4.14. The number of rotatable bonds is 6. The second-order valence-electron chi connectivity index (χ2n) is 5.49. The Balaban J connectivity index is 2.02. The van der Waals surface area contributed by atoms with Crippen molar-refractivity contribution >= 4 is 11.6 Å². The number of aromatic nitrogens is 1. The van der Waals surface area contributed by atoms with Gasteiger partial charge in [0.2, 0.25) is 5.89 Å². The molecule has 1 aromatic heterocycles. The maximum atomic E-state index is 12.1. The fourth-order valence-electron chi connectivity index (χ4n) is 2.04. The van der Waals surface area contributed by atoms with E-state index in [9.17, 15) is 4.79 Å². The molecular weight excluding hydrogens is 282 g/mol. The lowest BCUT2D eigenvalue weighted by atomic mass is 10.0. The molecule has 0 fully saturated rings. The number of hydrogen-bond donors (Lipinski definition) is 2. The molecular formula is C16H21N3O3. The summed E-state index contributed by atoms with van der Waals surface area (Å²) < 4.78 is 10.4. The van der Waals surface area contributed by atoms with Crippen molar-refractivity contribution in [3.63, 3.8) is 0 Å². The van der Waals surface area contributed by atoms with Gasteiger partial charge in [-0.3, -0.25) is 4.79 Å². The van der Waals surface area contributed by atoms with Crippen LogP contribution in [0.1, 0.15) is 42.7 Å². The molecule has 0 saturated heterocycles. The van der Waals surface area contributed by atoms with Gasteiger partial charge >= 0.3 is 0 Å². The largest absolute Gasteiger partial charge is 0.497 e. The minimum Gasteiger partial charge on any atom is -0.497 e. The van der Waals surface area contributed by atoms with E-state index in [4.69, 9.17) is 14.9 Å². The summed E-state index contributed by atoms with van der Waals surface area (Å²) in [7, 11) is 1.59. The SMILES string of the molecule is COc1ccc(NC(=O)c2coc(C(N)CC(C)C)n2)cc1. The quantitative estimate of drug-likeness (QED) is 0.856. The zero-order valence-electron chi connectivity index (χ0n) is 13.0. The second-order valence-corrected chi connectivity index (χ2v) is 5.49. The minimum absolute atomic E-state index is 0.213. The molecule has 0 aliphatic heterocycles. The van der Waals surface area contributed by atoms with E-state index < -0.39 is 0 Å². The highest BCUT2D eigenvalue weighted by Crippen LogP contribution is 2.19. The van der Waals surface area contributed by atoms with Gasteiger partial charge in [-0.25, -0.2) is 4.98 Å². The molecule has 3 N–H and O–H groups in total. The fraction of sp³-hybridized carbons (Fsp3) is 0.375. The third-order valence-electron chi connectivity index (χ3n) is 3.15. The van der Waals surface area contributed by atoms with E-state index in [-0.39, 0.29) is 17.6 Å². The summed E-state index contributed by atoms with van der Waals surface area (Å²) in [5.41, 5.74) is 6.86. The van der Waals surface area contributed by atoms with Crippen LogP contribution in [0.15, 0.2) is 34.9 Å². The Kier molecular flexibility index (Phi) is 5.16. The number of carbonyl (C=O) groups is 1. The van der Waals surface area contributed by atoms with Gasteiger partial charge in [0, 0.05) is 5.69 Å². The van der Waals surface area contributed by atoms with Gasteiger partial charge in [-0.05, 0) is 36.6 Å². The predicted octanol–water partition coefficient (Wildman–Crippen LogP) is 2.98. The van der Waals surface area contributed by atoms with E-state index in [2.05, 4.69) is 24.1 Å². The van der Waals surface area contributed by atoms with Gasteiger partial charge in [0.05, 0.1) is 13.2 Å². The van der Waals surface area contributed by atoms with Crippen LogP contribution in [-0.2, 0) is 0 Å². The predicted molar refractivity (Wildman–Crippen MR) is 83.8 cm³/mol. The molecule has 0 spiro atoms. The van der Waals surface area contributed by atoms with E-state index in [1.54, 1.807) is 31.4 Å². The summed E-state index contributed by atoms with van der Waals surface area (Å²) in [4.78, 5) is 16.3. The summed E-state index contributed by atoms with van der Waals surface area (Å²) in [6.07, 6.45) is 2.08. The highest BCUT2D eigenvalue weighted by atomic mass is 16.5. The number of methoxy groups -OCH3 is 1. The van der Waals surface area contributed by atoms with E-state index in [1.807, 2.05) is 0 Å². The van der Waals surface area contributed by atoms with Gasteiger partial charge in [-0.2, -0.15) is 0 Å². The van der Waals surface area contributed by atoms with Crippen LogP contribution in [-0.4, -0.2) is 18.0 Å². The molecule has 0 bridgehead atoms. The molecule has 2 rings (SSSR count). The van der Waals surface area contributed by atoms with E-state index in [0.29, 0.717) is 17.5 Å². The standard InChI is InChI=1S/C16H21N3O3/c1-10(2)8-13(17)16-19-14(9-22-16)15(20)18-11-4-6-12(21-3)7-5-11/h4-7,9-10,13H,8,17H2,1-3H3,(H,18,20). The highest BCUT2D eigenvalue weighted by molar-refractivity contribution is 6.02. The van der Waals surface area contributed by atoms with Crippen molar-refractivity contribution < 1.29 is 13.9 Å². The molecule has 22 heavy (non-hydrogen) atoms. The smallest absolute Gasteiger partial charge is 0.277 e. The molecule has 1 heterocycles. The van der Waals surface area contributed by atoms with Gasteiger partial charge in [0.15, 0.2) is 5.69 Å². The maximum absolute atomic E-state index is 12.1. The molecule has 118 valence electrons. The molecule has 0 aliphatic rings. The Morgan fingerprint density at radius 3 is 2.64 bits per heavy atom. The van der Waals surface area contributed by atoms with Crippen LogP contribution < -0.4 is 15.8 Å². The van der Waals surface area contributed by atoms with Gasteiger partial charge < -0.3 is 20.2 Å². The van der Waals surface area contributed by atoms with Crippen LogP contribution in [0.25, 0.3) is 0 Å². The first-order valence-electron chi connectivity index (χ1n) is 7.16. The lowest BCUT2D eigenvalue weighted by molar-refractivity contribution is 0.102. The van der Waals surface area contributed by atoms with Crippen molar-refractivity contribution in [1.29, 1.82) is 0 Å². The lowest BCUT2D eigenvalue weighted by Crippen LogP contribution is -2.15. The topological polar surface area (TPSA) is 90.4 Å². The first-order valence-corrected chi connectivity index (χ1v) is 7.16. The van der Waals surface area contributed by atoms with Crippen LogP contribution in [0.3, 0.4) is 0 Å². The number of carbonyl (C=O) groups excluding carboxylic acids is 1. The second kappa shape index (κ2) is 7.09. The number of nitrogens with one attached hydrogen (secondary N) is 1. The van der Waals surface area contributed by atoms with Crippen molar-refractivity contribution in [1.82, 2.24) is 4.98 Å². The van der Waals surface area contributed by atoms with Crippen molar-refractivity contribution in [3.05, 3.63) is 42.1 Å². The summed E-state index contributed by atoms with van der Waals surface area (Å²) in [5, 5.41) is 2.74. The molecule has 1 atom stereocenters. The summed E-state index contributed by atoms with van der Waals surface area (Å²) in [5.74, 6) is 1.20. The van der Waals surface area contributed by atoms with Gasteiger partial charge in [-0.15, -0.1) is 0 Å². The van der Waals surface area contributed by atoms with Gasteiger partial charge in [-0.1, -0.05) is 13.8 Å². The van der Waals surface area contributed by atoms with E-state index in [1.165, 1.54) is 6.26 Å². The number of oxazole rings is 1. The number of ether oxygens (including phenoxy) is 1. The number of nitrogens with two attached hydrogens (primary N) is 1. The first-order chi connectivity index (χ1) is 10.5. The van der Waals surface area contributed by atoms with Gasteiger partial charge in [0.25, 0.3) is 5.91 Å². The number of nitrogens with zero attached hydrogens (tertiary/aromatic N) is 1. The third-order valence-corrected chi connectivity index (χ3v) is 3.15. The van der Waals surface area contributed by atoms with E-state index in [0.717, 1.165) is 12.2 Å². The minimum atomic E-state index is -0.336. The molecule has 1 aromatic carbocycles. The zero-order chi connectivity index (χ0) is 16.1. The molecule has 6 heteroatoms. The molecule has 1 amide bonds. The Labute approximate surface area is 129 Å².